The minimum atomic E-state index is -0.257. The predicted molar refractivity (Wildman–Crippen MR) is 76.7 cm³/mol. The van der Waals surface area contributed by atoms with Gasteiger partial charge in [0.1, 0.15) is 0 Å². The molecule has 0 heterocycles. The first-order valence-electron chi connectivity index (χ1n) is 6.10. The number of esters is 1. The predicted octanol–water partition coefficient (Wildman–Crippen LogP) is 2.31. The van der Waals surface area contributed by atoms with Crippen LogP contribution in [0.3, 0.4) is 0 Å². The van der Waals surface area contributed by atoms with E-state index in [1.165, 1.54) is 7.11 Å². The fourth-order valence-electron chi connectivity index (χ4n) is 1.61. The number of halogens is 1. The van der Waals surface area contributed by atoms with Gasteiger partial charge in [0.15, 0.2) is 0 Å². The first kappa shape index (κ1) is 15.7. The summed E-state index contributed by atoms with van der Waals surface area (Å²) in [5.41, 5.74) is 0.945. The maximum atomic E-state index is 11.8. The zero-order valence-corrected chi connectivity index (χ0v) is 12.7. The Morgan fingerprint density at radius 1 is 1.37 bits per heavy atom. The van der Waals surface area contributed by atoms with Crippen LogP contribution in [0.2, 0.25) is 0 Å². The summed E-state index contributed by atoms with van der Waals surface area (Å²) >= 11 is 3.41. The molecule has 1 aromatic rings. The highest BCUT2D eigenvalue weighted by Crippen LogP contribution is 2.16. The summed E-state index contributed by atoms with van der Waals surface area (Å²) in [6.45, 7) is 2.37. The minimum Gasteiger partial charge on any atom is -0.469 e. The molecule has 0 unspecified atom stereocenters. The van der Waals surface area contributed by atoms with Gasteiger partial charge in [0.25, 0.3) is 0 Å². The van der Waals surface area contributed by atoms with E-state index in [1.807, 2.05) is 31.2 Å². The normalized spacial score (nSPS) is 11.7. The van der Waals surface area contributed by atoms with Gasteiger partial charge in [0.2, 0.25) is 5.91 Å². The summed E-state index contributed by atoms with van der Waals surface area (Å²) in [6.07, 6.45) is 0.637. The lowest BCUT2D eigenvalue weighted by Gasteiger charge is -2.11. The summed E-state index contributed by atoms with van der Waals surface area (Å²) in [4.78, 5) is 22.8. The van der Waals surface area contributed by atoms with E-state index in [-0.39, 0.29) is 17.8 Å². The smallest absolute Gasteiger partial charge is 0.305 e. The van der Waals surface area contributed by atoms with E-state index in [4.69, 9.17) is 0 Å². The number of hydrogen-bond donors (Lipinski definition) is 1. The third-order valence-corrected chi connectivity index (χ3v) is 3.47. The van der Waals surface area contributed by atoms with Gasteiger partial charge < -0.3 is 10.1 Å². The van der Waals surface area contributed by atoms with E-state index in [0.29, 0.717) is 19.4 Å². The molecule has 0 saturated heterocycles. The lowest BCUT2D eigenvalue weighted by Crippen LogP contribution is -2.30. The third kappa shape index (κ3) is 5.87. The minimum absolute atomic E-state index is 0.0522. The molecule has 1 amide bonds. The Bertz CT molecular complexity index is 448. The van der Waals surface area contributed by atoms with E-state index >= 15 is 0 Å². The van der Waals surface area contributed by atoms with Crippen LogP contribution in [-0.2, 0) is 20.7 Å². The molecule has 0 aliphatic heterocycles. The molecule has 0 radical (unpaired) electrons. The second-order valence-corrected chi connectivity index (χ2v) is 5.31. The van der Waals surface area contributed by atoms with E-state index in [0.717, 1.165) is 10.0 Å². The Morgan fingerprint density at radius 2 is 2.05 bits per heavy atom. The van der Waals surface area contributed by atoms with Crippen molar-refractivity contribution in [2.75, 3.05) is 13.7 Å². The van der Waals surface area contributed by atoms with Gasteiger partial charge in [-0.05, 0) is 17.5 Å². The lowest BCUT2D eigenvalue weighted by molar-refractivity contribution is -0.141. The summed E-state index contributed by atoms with van der Waals surface area (Å²) in [5, 5.41) is 2.82. The third-order valence-electron chi connectivity index (χ3n) is 2.70. The zero-order valence-electron chi connectivity index (χ0n) is 11.1. The molecule has 1 atom stereocenters. The van der Waals surface area contributed by atoms with E-state index in [9.17, 15) is 9.59 Å². The Morgan fingerprint density at radius 3 is 2.68 bits per heavy atom. The van der Waals surface area contributed by atoms with Crippen molar-refractivity contribution >= 4 is 27.8 Å². The fourth-order valence-corrected chi connectivity index (χ4v) is 2.03. The first-order valence-corrected chi connectivity index (χ1v) is 6.89. The van der Waals surface area contributed by atoms with Crippen molar-refractivity contribution in [3.63, 3.8) is 0 Å². The topological polar surface area (TPSA) is 55.4 Å². The molecule has 0 fully saturated rings. The molecular formula is C14H18BrNO3. The van der Waals surface area contributed by atoms with Gasteiger partial charge in [-0.3, -0.25) is 9.59 Å². The Labute approximate surface area is 121 Å². The molecule has 19 heavy (non-hydrogen) atoms. The van der Waals surface area contributed by atoms with Crippen LogP contribution in [0.1, 0.15) is 18.9 Å². The number of hydrogen-bond acceptors (Lipinski definition) is 3. The van der Waals surface area contributed by atoms with Crippen LogP contribution in [0.5, 0.6) is 0 Å². The number of carbonyl (C=O) groups is 2. The van der Waals surface area contributed by atoms with Crippen LogP contribution in [0, 0.1) is 5.92 Å². The SMILES string of the molecule is COC(=O)C[C@@H](C)CNC(=O)Cc1ccccc1Br. The molecule has 0 spiro atoms. The molecule has 0 bridgehead atoms. The summed E-state index contributed by atoms with van der Waals surface area (Å²) in [7, 11) is 1.36. The van der Waals surface area contributed by atoms with Gasteiger partial charge in [0, 0.05) is 17.4 Å². The van der Waals surface area contributed by atoms with E-state index in [1.54, 1.807) is 0 Å². The maximum absolute atomic E-state index is 11.8. The van der Waals surface area contributed by atoms with Crippen LogP contribution in [0.15, 0.2) is 28.7 Å². The van der Waals surface area contributed by atoms with E-state index < -0.39 is 0 Å². The molecule has 0 aliphatic rings. The van der Waals surface area contributed by atoms with Crippen molar-refractivity contribution in [3.05, 3.63) is 34.3 Å². The second kappa shape index (κ2) is 7.94. The molecule has 0 aromatic heterocycles. The monoisotopic (exact) mass is 327 g/mol. The van der Waals surface area contributed by atoms with Crippen LogP contribution >= 0.6 is 15.9 Å². The number of methoxy groups -OCH3 is 1. The molecule has 104 valence electrons. The van der Waals surface area contributed by atoms with Crippen molar-refractivity contribution in [2.45, 2.75) is 19.8 Å². The van der Waals surface area contributed by atoms with Crippen molar-refractivity contribution in [1.29, 1.82) is 0 Å². The first-order chi connectivity index (χ1) is 9.02. The molecule has 0 saturated carbocycles. The average molecular weight is 328 g/mol. The van der Waals surface area contributed by atoms with Gasteiger partial charge in [0.05, 0.1) is 13.5 Å². The summed E-state index contributed by atoms with van der Waals surface area (Å²) < 4.78 is 5.51. The van der Waals surface area contributed by atoms with Gasteiger partial charge in [-0.2, -0.15) is 0 Å². The van der Waals surface area contributed by atoms with Crippen LogP contribution in [0.25, 0.3) is 0 Å². The highest BCUT2D eigenvalue weighted by Gasteiger charge is 2.11. The largest absolute Gasteiger partial charge is 0.469 e. The fraction of sp³-hybridized carbons (Fsp3) is 0.429. The number of nitrogens with one attached hydrogen (secondary N) is 1. The Kier molecular flexibility index (Phi) is 6.56. The quantitative estimate of drug-likeness (QED) is 0.816. The molecule has 4 nitrogen and oxygen atoms in total. The number of rotatable bonds is 6. The second-order valence-electron chi connectivity index (χ2n) is 4.46. The van der Waals surface area contributed by atoms with Crippen LogP contribution < -0.4 is 5.32 Å². The van der Waals surface area contributed by atoms with Crippen LogP contribution in [-0.4, -0.2) is 25.5 Å². The highest BCUT2D eigenvalue weighted by atomic mass is 79.9. The molecule has 0 aliphatic carbocycles. The average Bonchev–Trinajstić information content (AvgIpc) is 2.39. The van der Waals surface area contributed by atoms with Crippen LogP contribution in [0.4, 0.5) is 0 Å². The lowest BCUT2D eigenvalue weighted by atomic mass is 10.1. The van der Waals surface area contributed by atoms with Crippen molar-refractivity contribution in [3.8, 4) is 0 Å². The summed E-state index contributed by atoms with van der Waals surface area (Å²) in [5.74, 6) is -0.244. The Hall–Kier alpha value is -1.36. The molecule has 1 rings (SSSR count). The maximum Gasteiger partial charge on any atom is 0.305 e. The van der Waals surface area contributed by atoms with E-state index in [2.05, 4.69) is 26.0 Å². The molecular weight excluding hydrogens is 310 g/mol. The molecule has 1 aromatic carbocycles. The number of carbonyl (C=O) groups excluding carboxylic acids is 2. The zero-order chi connectivity index (χ0) is 14.3. The molecule has 1 N–H and O–H groups in total. The van der Waals surface area contributed by atoms with Crippen molar-refractivity contribution in [1.82, 2.24) is 5.32 Å². The number of benzene rings is 1. The van der Waals surface area contributed by atoms with Crippen molar-refractivity contribution in [2.24, 2.45) is 5.92 Å². The number of amides is 1. The summed E-state index contributed by atoms with van der Waals surface area (Å²) in [6, 6.07) is 7.61. The number of ether oxygens (including phenoxy) is 1. The van der Waals surface area contributed by atoms with Gasteiger partial charge in [-0.25, -0.2) is 0 Å². The Balaban J connectivity index is 2.36. The molecule has 5 heteroatoms. The standard InChI is InChI=1S/C14H18BrNO3/c1-10(7-14(18)19-2)9-16-13(17)8-11-5-3-4-6-12(11)15/h3-6,10H,7-9H2,1-2H3,(H,16,17)/t10-/m1/s1. The van der Waals surface area contributed by atoms with Gasteiger partial charge in [-0.1, -0.05) is 41.1 Å². The van der Waals surface area contributed by atoms with Gasteiger partial charge in [-0.15, -0.1) is 0 Å². The highest BCUT2D eigenvalue weighted by molar-refractivity contribution is 9.10. The van der Waals surface area contributed by atoms with Gasteiger partial charge >= 0.3 is 5.97 Å². The van der Waals surface area contributed by atoms with Crippen molar-refractivity contribution < 1.29 is 14.3 Å².